The lowest BCUT2D eigenvalue weighted by Gasteiger charge is -2.03. The Balaban J connectivity index is 2.37. The molecule has 6 heteroatoms. The molecule has 0 atom stereocenters. The molecule has 106 valence electrons. The molecule has 0 amide bonds. The molecule has 0 bridgehead atoms. The lowest BCUT2D eigenvalue weighted by Crippen LogP contribution is -1.85. The molecule has 3 aromatic rings. The van der Waals surface area contributed by atoms with Crippen molar-refractivity contribution in [3.63, 3.8) is 0 Å². The highest BCUT2D eigenvalue weighted by Crippen LogP contribution is 2.36. The fourth-order valence-corrected chi connectivity index (χ4v) is 2.98. The van der Waals surface area contributed by atoms with Crippen molar-refractivity contribution in [3.05, 3.63) is 56.8 Å². The first-order valence-electron chi connectivity index (χ1n) is 5.92. The minimum atomic E-state index is -0.531. The van der Waals surface area contributed by atoms with Gasteiger partial charge >= 0.3 is 0 Å². The van der Waals surface area contributed by atoms with Gasteiger partial charge in [-0.3, -0.25) is 4.79 Å². The Labute approximate surface area is 134 Å². The van der Waals surface area contributed by atoms with E-state index < -0.39 is 5.82 Å². The number of benzene rings is 2. The van der Waals surface area contributed by atoms with Crippen LogP contribution in [0.15, 0.2) is 30.3 Å². The van der Waals surface area contributed by atoms with Gasteiger partial charge in [-0.1, -0.05) is 34.8 Å². The van der Waals surface area contributed by atoms with Crippen LogP contribution in [0.5, 0.6) is 0 Å². The van der Waals surface area contributed by atoms with Crippen LogP contribution in [-0.4, -0.2) is 11.3 Å². The number of aromatic amines is 1. The Morgan fingerprint density at radius 1 is 1.05 bits per heavy atom. The molecule has 0 aliphatic heterocycles. The predicted octanol–water partition coefficient (Wildman–Crippen LogP) is 5.75. The molecule has 3 rings (SSSR count). The first-order chi connectivity index (χ1) is 10.0. The molecule has 0 unspecified atom stereocenters. The molecule has 1 aromatic heterocycles. The Morgan fingerprint density at radius 2 is 1.81 bits per heavy atom. The maximum Gasteiger partial charge on any atom is 0.152 e. The zero-order valence-corrected chi connectivity index (χ0v) is 12.7. The molecule has 0 fully saturated rings. The van der Waals surface area contributed by atoms with Gasteiger partial charge in [-0.2, -0.15) is 0 Å². The number of nitrogens with one attached hydrogen (secondary N) is 1. The van der Waals surface area contributed by atoms with Crippen LogP contribution in [0.1, 0.15) is 10.4 Å². The molecular weight excluding hydrogens is 336 g/mol. The molecule has 0 saturated carbocycles. The molecule has 0 aliphatic carbocycles. The normalized spacial score (nSPS) is 11.0. The second-order valence-electron chi connectivity index (χ2n) is 4.47. The summed E-state index contributed by atoms with van der Waals surface area (Å²) in [6.45, 7) is 0. The number of carbonyl (C=O) groups is 1. The third-order valence-corrected chi connectivity index (χ3v) is 3.95. The van der Waals surface area contributed by atoms with Crippen molar-refractivity contribution in [2.75, 3.05) is 0 Å². The number of fused-ring (bicyclic) bond motifs is 1. The van der Waals surface area contributed by atoms with E-state index in [1.54, 1.807) is 18.2 Å². The zero-order chi connectivity index (χ0) is 15.1. The van der Waals surface area contributed by atoms with Crippen LogP contribution in [0, 0.1) is 5.82 Å². The molecule has 2 nitrogen and oxygen atoms in total. The van der Waals surface area contributed by atoms with Gasteiger partial charge in [0.2, 0.25) is 0 Å². The van der Waals surface area contributed by atoms with E-state index in [4.69, 9.17) is 34.8 Å². The van der Waals surface area contributed by atoms with Gasteiger partial charge in [0, 0.05) is 26.6 Å². The SMILES string of the molecule is O=Cc1c(-c2ccc(Cl)cc2Cl)[nH]c2c(F)cc(Cl)cc12. The molecule has 0 radical (unpaired) electrons. The topological polar surface area (TPSA) is 32.9 Å². The van der Waals surface area contributed by atoms with E-state index in [0.717, 1.165) is 0 Å². The number of rotatable bonds is 2. The maximum absolute atomic E-state index is 14.0. The van der Waals surface area contributed by atoms with E-state index in [0.29, 0.717) is 38.5 Å². The first-order valence-corrected chi connectivity index (χ1v) is 7.06. The van der Waals surface area contributed by atoms with Crippen LogP contribution in [0.25, 0.3) is 22.2 Å². The lowest BCUT2D eigenvalue weighted by atomic mass is 10.1. The number of hydrogen-bond acceptors (Lipinski definition) is 1. The molecule has 1 N–H and O–H groups in total. The fourth-order valence-electron chi connectivity index (χ4n) is 2.27. The summed E-state index contributed by atoms with van der Waals surface area (Å²) in [6, 6.07) is 7.59. The van der Waals surface area contributed by atoms with E-state index in [-0.39, 0.29) is 10.5 Å². The zero-order valence-electron chi connectivity index (χ0n) is 10.4. The Kier molecular flexibility index (Phi) is 3.66. The third kappa shape index (κ3) is 2.42. The average molecular weight is 343 g/mol. The van der Waals surface area contributed by atoms with Gasteiger partial charge in [-0.15, -0.1) is 0 Å². The van der Waals surface area contributed by atoms with Crippen molar-refractivity contribution < 1.29 is 9.18 Å². The monoisotopic (exact) mass is 341 g/mol. The number of aldehydes is 1. The standard InChI is InChI=1S/C15H7Cl3FNO/c16-7-1-2-9(12(18)4-7)14-11(6-21)10-3-8(17)5-13(19)15(10)20-14/h1-6,20H. The fraction of sp³-hybridized carbons (Fsp3) is 0. The van der Waals surface area contributed by atoms with Gasteiger partial charge in [0.25, 0.3) is 0 Å². The highest BCUT2D eigenvalue weighted by atomic mass is 35.5. The van der Waals surface area contributed by atoms with Gasteiger partial charge in [-0.05, 0) is 30.3 Å². The molecule has 0 spiro atoms. The van der Waals surface area contributed by atoms with E-state index in [1.165, 1.54) is 12.1 Å². The largest absolute Gasteiger partial charge is 0.351 e. The van der Waals surface area contributed by atoms with E-state index in [1.807, 2.05) is 0 Å². The summed E-state index contributed by atoms with van der Waals surface area (Å²) in [4.78, 5) is 14.3. The minimum absolute atomic E-state index is 0.211. The Bertz CT molecular complexity index is 873. The van der Waals surface area contributed by atoms with Crippen LogP contribution in [-0.2, 0) is 0 Å². The van der Waals surface area contributed by atoms with Crippen LogP contribution < -0.4 is 0 Å². The number of halogens is 4. The van der Waals surface area contributed by atoms with Crippen molar-refractivity contribution in [1.29, 1.82) is 0 Å². The Hall–Kier alpha value is -1.55. The van der Waals surface area contributed by atoms with E-state index in [9.17, 15) is 9.18 Å². The Morgan fingerprint density at radius 3 is 2.48 bits per heavy atom. The average Bonchev–Trinajstić information content (AvgIpc) is 2.77. The highest BCUT2D eigenvalue weighted by Gasteiger charge is 2.18. The minimum Gasteiger partial charge on any atom is -0.351 e. The number of H-pyrrole nitrogens is 1. The first kappa shape index (κ1) is 14.4. The van der Waals surface area contributed by atoms with Gasteiger partial charge in [0.15, 0.2) is 6.29 Å². The van der Waals surface area contributed by atoms with E-state index in [2.05, 4.69) is 4.98 Å². The van der Waals surface area contributed by atoms with Crippen molar-refractivity contribution in [3.8, 4) is 11.3 Å². The van der Waals surface area contributed by atoms with Crippen LogP contribution in [0.3, 0.4) is 0 Å². The lowest BCUT2D eigenvalue weighted by molar-refractivity contribution is 0.112. The summed E-state index contributed by atoms with van der Waals surface area (Å²) in [7, 11) is 0. The molecule has 0 aliphatic rings. The smallest absolute Gasteiger partial charge is 0.152 e. The maximum atomic E-state index is 14.0. The molecule has 2 aromatic carbocycles. The highest BCUT2D eigenvalue weighted by molar-refractivity contribution is 6.36. The summed E-state index contributed by atoms with van der Waals surface area (Å²) in [5.74, 6) is -0.531. The van der Waals surface area contributed by atoms with E-state index >= 15 is 0 Å². The third-order valence-electron chi connectivity index (χ3n) is 3.18. The van der Waals surface area contributed by atoms with Gasteiger partial charge in [0.1, 0.15) is 5.82 Å². The van der Waals surface area contributed by atoms with Crippen LogP contribution >= 0.6 is 34.8 Å². The van der Waals surface area contributed by atoms with Gasteiger partial charge in [0.05, 0.1) is 16.2 Å². The number of hydrogen-bond donors (Lipinski definition) is 1. The molecular formula is C15H7Cl3FNO. The van der Waals surface area contributed by atoms with Crippen LogP contribution in [0.2, 0.25) is 15.1 Å². The van der Waals surface area contributed by atoms with Crippen molar-refractivity contribution in [2.45, 2.75) is 0 Å². The van der Waals surface area contributed by atoms with Crippen molar-refractivity contribution in [2.24, 2.45) is 0 Å². The number of carbonyl (C=O) groups excluding carboxylic acids is 1. The second-order valence-corrected chi connectivity index (χ2v) is 5.75. The van der Waals surface area contributed by atoms with Gasteiger partial charge < -0.3 is 4.98 Å². The second kappa shape index (κ2) is 5.34. The summed E-state index contributed by atoms with van der Waals surface area (Å²) in [6.07, 6.45) is 0.648. The summed E-state index contributed by atoms with van der Waals surface area (Å²) >= 11 is 17.9. The van der Waals surface area contributed by atoms with Crippen molar-refractivity contribution in [1.82, 2.24) is 4.98 Å². The predicted molar refractivity (Wildman–Crippen MR) is 84.1 cm³/mol. The summed E-state index contributed by atoms with van der Waals surface area (Å²) < 4.78 is 14.0. The molecule has 0 saturated heterocycles. The summed E-state index contributed by atoms with van der Waals surface area (Å²) in [5, 5.41) is 1.47. The quantitative estimate of drug-likeness (QED) is 0.591. The molecule has 21 heavy (non-hydrogen) atoms. The summed E-state index contributed by atoms with van der Waals surface area (Å²) in [5.41, 5.74) is 1.51. The van der Waals surface area contributed by atoms with Gasteiger partial charge in [-0.25, -0.2) is 4.39 Å². The van der Waals surface area contributed by atoms with Crippen LogP contribution in [0.4, 0.5) is 4.39 Å². The number of aromatic nitrogens is 1. The molecule has 1 heterocycles. The van der Waals surface area contributed by atoms with Crippen molar-refractivity contribution >= 4 is 52.0 Å².